The van der Waals surface area contributed by atoms with Crippen molar-refractivity contribution in [2.75, 3.05) is 40.9 Å². The normalized spacial score (nSPS) is 14.0. The van der Waals surface area contributed by atoms with Crippen molar-refractivity contribution >= 4 is 13.7 Å². The molecule has 0 aliphatic heterocycles. The Hall–Kier alpha value is -1.54. The lowest BCUT2D eigenvalue weighted by molar-refractivity contribution is -0.870. The van der Waals surface area contributed by atoms with E-state index >= 15 is 0 Å². The molecule has 3 atom stereocenters. The van der Waals surface area contributed by atoms with Gasteiger partial charge >= 0.3 is 7.82 Å². The van der Waals surface area contributed by atoms with Crippen LogP contribution in [0.5, 0.6) is 0 Å². The second-order valence-electron chi connectivity index (χ2n) is 24.9. The molecule has 1 amide bonds. The van der Waals surface area contributed by atoms with Gasteiger partial charge in [0.05, 0.1) is 39.9 Å². The molecule has 0 aliphatic rings. The number of carbonyl (C=O) groups is 1. The van der Waals surface area contributed by atoms with E-state index in [9.17, 15) is 19.4 Å². The number of allylic oxidation sites excluding steroid dienone is 8. The summed E-state index contributed by atoms with van der Waals surface area (Å²) < 4.78 is 23.9. The molecule has 9 heteroatoms. The number of hydrogen-bond donors (Lipinski definition) is 3. The Labute approximate surface area is 492 Å². The van der Waals surface area contributed by atoms with Gasteiger partial charge in [0.2, 0.25) is 5.91 Å². The third kappa shape index (κ3) is 63.9. The fraction of sp³-hybridized carbons (Fsp3) is 0.871. The van der Waals surface area contributed by atoms with E-state index in [2.05, 4.69) is 67.8 Å². The summed E-state index contributed by atoms with van der Waals surface area (Å²) in [5.74, 6) is -0.137. The Morgan fingerprint density at radius 2 is 0.759 bits per heavy atom. The summed E-state index contributed by atoms with van der Waals surface area (Å²) in [6.45, 7) is 4.83. The largest absolute Gasteiger partial charge is 0.472 e. The molecule has 3 N–H and O–H groups in total. The molecular weight excluding hydrogens is 996 g/mol. The Bertz CT molecular complexity index is 1430. The molecule has 466 valence electrons. The fourth-order valence-electron chi connectivity index (χ4n) is 10.5. The van der Waals surface area contributed by atoms with Crippen LogP contribution >= 0.6 is 7.82 Å². The molecule has 0 rings (SSSR count). The van der Waals surface area contributed by atoms with E-state index in [0.29, 0.717) is 23.9 Å². The highest BCUT2D eigenvalue weighted by atomic mass is 31.2. The number of likely N-dealkylation sites (N-methyl/N-ethyl adjacent to an activating group) is 1. The van der Waals surface area contributed by atoms with E-state index < -0.39 is 20.0 Å². The molecule has 0 aromatic rings. The lowest BCUT2D eigenvalue weighted by Gasteiger charge is -2.26. The number of unbranched alkanes of at least 4 members (excludes halogenated alkanes) is 43. The first kappa shape index (κ1) is 77.5. The van der Waals surface area contributed by atoms with Crippen LogP contribution < -0.4 is 5.32 Å². The number of aliphatic hydroxyl groups is 1. The maximum atomic E-state index is 13.1. The van der Waals surface area contributed by atoms with Crippen LogP contribution in [0, 0.1) is 0 Å². The summed E-state index contributed by atoms with van der Waals surface area (Å²) in [6.07, 6.45) is 82.1. The average Bonchev–Trinajstić information content (AvgIpc) is 3.42. The minimum Gasteiger partial charge on any atom is -0.391 e. The molecule has 8 nitrogen and oxygen atoms in total. The summed E-state index contributed by atoms with van der Waals surface area (Å²) >= 11 is 0. The Kier molecular flexibility index (Phi) is 59.8. The second-order valence-corrected chi connectivity index (χ2v) is 26.3. The molecule has 0 radical (unpaired) electrons. The first-order valence-electron chi connectivity index (χ1n) is 34.5. The number of nitrogens with one attached hydrogen (secondary N) is 1. The minimum absolute atomic E-state index is 0.0766. The van der Waals surface area contributed by atoms with Crippen molar-refractivity contribution in [1.82, 2.24) is 5.32 Å². The number of nitrogens with zero attached hydrogens (tertiary/aromatic N) is 1. The highest BCUT2D eigenvalue weighted by Crippen LogP contribution is 2.43. The predicted molar refractivity (Wildman–Crippen MR) is 346 cm³/mol. The standard InChI is InChI=1S/C70H135N2O6P/c1-6-8-10-12-14-16-18-20-22-24-26-28-30-31-32-33-34-35-36-37-38-39-40-41-42-44-46-48-50-52-54-56-58-60-62-64-70(74)71-68(67-78-79(75,76)77-66-65-72(3,4)5)69(73)63-61-59-57-55-53-51-49-47-45-43-29-27-25-23-21-19-17-15-13-11-9-7-2/h8,10,14,16,20,22,26,28,68-69,73H,6-7,9,11-13,15,17-19,21,23-25,27,29-67H2,1-5H3,(H-,71,74,75,76)/p+1/b10-8-,16-14-,22-20-,28-26-. The summed E-state index contributed by atoms with van der Waals surface area (Å²) in [7, 11) is 1.63. The second kappa shape index (κ2) is 61.0. The fourth-order valence-corrected chi connectivity index (χ4v) is 11.2. The van der Waals surface area contributed by atoms with Crippen LogP contribution in [0.25, 0.3) is 0 Å². The monoisotopic (exact) mass is 1130 g/mol. The van der Waals surface area contributed by atoms with E-state index in [1.807, 2.05) is 21.1 Å². The van der Waals surface area contributed by atoms with Gasteiger partial charge in [-0.15, -0.1) is 0 Å². The van der Waals surface area contributed by atoms with Gasteiger partial charge in [0.25, 0.3) is 0 Å². The van der Waals surface area contributed by atoms with Gasteiger partial charge in [-0.25, -0.2) is 4.57 Å². The first-order valence-corrected chi connectivity index (χ1v) is 36.0. The van der Waals surface area contributed by atoms with Crippen molar-refractivity contribution in [2.45, 2.75) is 353 Å². The van der Waals surface area contributed by atoms with Gasteiger partial charge in [-0.3, -0.25) is 13.8 Å². The Morgan fingerprint density at radius 1 is 0.443 bits per heavy atom. The van der Waals surface area contributed by atoms with Crippen LogP contribution in [0.3, 0.4) is 0 Å². The van der Waals surface area contributed by atoms with Crippen molar-refractivity contribution in [3.05, 3.63) is 48.6 Å². The number of phosphoric ester groups is 1. The third-order valence-corrected chi connectivity index (χ3v) is 16.8. The highest BCUT2D eigenvalue weighted by Gasteiger charge is 2.28. The molecule has 0 spiro atoms. The van der Waals surface area contributed by atoms with E-state index in [1.165, 1.54) is 250 Å². The third-order valence-electron chi connectivity index (χ3n) is 15.8. The first-order chi connectivity index (χ1) is 38.5. The van der Waals surface area contributed by atoms with Gasteiger partial charge in [0.1, 0.15) is 13.2 Å². The molecule has 0 heterocycles. The number of hydrogen-bond acceptors (Lipinski definition) is 5. The zero-order valence-electron chi connectivity index (χ0n) is 53.4. The molecule has 79 heavy (non-hydrogen) atoms. The number of rotatable bonds is 64. The minimum atomic E-state index is -4.33. The van der Waals surface area contributed by atoms with Gasteiger partial charge in [-0.1, -0.05) is 332 Å². The maximum Gasteiger partial charge on any atom is 0.472 e. The van der Waals surface area contributed by atoms with Crippen molar-refractivity contribution < 1.29 is 32.9 Å². The van der Waals surface area contributed by atoms with Gasteiger partial charge in [-0.2, -0.15) is 0 Å². The molecule has 0 bridgehead atoms. The van der Waals surface area contributed by atoms with Crippen molar-refractivity contribution in [3.8, 4) is 0 Å². The quantitative estimate of drug-likeness (QED) is 0.0243. The number of amides is 1. The topological polar surface area (TPSA) is 105 Å². The van der Waals surface area contributed by atoms with Crippen LogP contribution in [0.4, 0.5) is 0 Å². The average molecular weight is 1130 g/mol. The predicted octanol–water partition coefficient (Wildman–Crippen LogP) is 21.8. The van der Waals surface area contributed by atoms with E-state index in [0.717, 1.165) is 64.2 Å². The molecule has 0 saturated heterocycles. The number of phosphoric acid groups is 1. The van der Waals surface area contributed by atoms with Crippen molar-refractivity contribution in [2.24, 2.45) is 0 Å². The lowest BCUT2D eigenvalue weighted by Crippen LogP contribution is -2.46. The van der Waals surface area contributed by atoms with E-state index in [-0.39, 0.29) is 19.1 Å². The maximum absolute atomic E-state index is 13.1. The highest BCUT2D eigenvalue weighted by molar-refractivity contribution is 7.47. The number of quaternary nitrogens is 1. The van der Waals surface area contributed by atoms with Crippen LogP contribution in [-0.4, -0.2) is 73.4 Å². The van der Waals surface area contributed by atoms with Gasteiger partial charge in [0.15, 0.2) is 0 Å². The molecule has 0 aromatic carbocycles. The Morgan fingerprint density at radius 3 is 1.11 bits per heavy atom. The van der Waals surface area contributed by atoms with Crippen LogP contribution in [0.1, 0.15) is 341 Å². The van der Waals surface area contributed by atoms with E-state index in [4.69, 9.17) is 9.05 Å². The molecule has 0 aromatic heterocycles. The molecule has 3 unspecified atom stereocenters. The van der Waals surface area contributed by atoms with Gasteiger partial charge < -0.3 is 19.8 Å². The summed E-state index contributed by atoms with van der Waals surface area (Å²) in [5, 5.41) is 14.1. The summed E-state index contributed by atoms with van der Waals surface area (Å²) in [5.41, 5.74) is 0. The molecular formula is C70H136N2O6P+. The molecule has 0 saturated carbocycles. The smallest absolute Gasteiger partial charge is 0.391 e. The van der Waals surface area contributed by atoms with Gasteiger partial charge in [0, 0.05) is 6.42 Å². The zero-order chi connectivity index (χ0) is 57.7. The number of aliphatic hydroxyl groups excluding tert-OH is 1. The zero-order valence-corrected chi connectivity index (χ0v) is 54.3. The van der Waals surface area contributed by atoms with Crippen molar-refractivity contribution in [3.63, 3.8) is 0 Å². The lowest BCUT2D eigenvalue weighted by atomic mass is 10.0. The van der Waals surface area contributed by atoms with Crippen LogP contribution in [-0.2, 0) is 18.4 Å². The number of carbonyl (C=O) groups excluding carboxylic acids is 1. The summed E-state index contributed by atoms with van der Waals surface area (Å²) in [4.78, 5) is 23.4. The SMILES string of the molecule is CC/C=C\C/C=C\C/C=C\C/C=C\CCCCCCCCCCCCCCCCCCCCCCCCC(=O)NC(COP(=O)(O)OCC[N+](C)(C)C)C(O)CCCCCCCCCCCCCCCCCCCCCCCC. The van der Waals surface area contributed by atoms with Crippen LogP contribution in [0.15, 0.2) is 48.6 Å². The van der Waals surface area contributed by atoms with Crippen LogP contribution in [0.2, 0.25) is 0 Å². The molecule has 0 fully saturated rings. The summed E-state index contributed by atoms with van der Waals surface area (Å²) in [6, 6.07) is -0.760. The van der Waals surface area contributed by atoms with E-state index in [1.54, 1.807) is 0 Å². The Balaban J connectivity index is 3.97. The van der Waals surface area contributed by atoms with Gasteiger partial charge in [-0.05, 0) is 51.4 Å². The molecule has 0 aliphatic carbocycles. The van der Waals surface area contributed by atoms with Crippen molar-refractivity contribution in [1.29, 1.82) is 0 Å².